The van der Waals surface area contributed by atoms with Crippen LogP contribution in [0.1, 0.15) is 12.5 Å². The molecule has 98 valence electrons. The van der Waals surface area contributed by atoms with Gasteiger partial charge in [-0.15, -0.1) is 0 Å². The number of hydrogen-bond acceptors (Lipinski definition) is 3. The molecule has 0 saturated carbocycles. The maximum absolute atomic E-state index is 11.8. The largest absolute Gasteiger partial charge is 0.394 e. The van der Waals surface area contributed by atoms with Gasteiger partial charge in [0.25, 0.3) is 0 Å². The number of anilines is 1. The van der Waals surface area contributed by atoms with Crippen molar-refractivity contribution < 1.29 is 9.90 Å². The smallest absolute Gasteiger partial charge is 0.245 e. The Kier molecular flexibility index (Phi) is 3.92. The molecule has 0 aromatic heterocycles. The van der Waals surface area contributed by atoms with Gasteiger partial charge in [-0.25, -0.2) is 0 Å². The first kappa shape index (κ1) is 13.4. The van der Waals surface area contributed by atoms with Gasteiger partial charge in [0.05, 0.1) is 6.61 Å². The minimum absolute atomic E-state index is 0.0837. The Hall–Kier alpha value is -1.07. The average Bonchev–Trinajstić information content (AvgIpc) is 2.32. The molecule has 1 aliphatic heterocycles. The first-order valence-corrected chi connectivity index (χ1v) is 6.76. The molecule has 1 aromatic rings. The number of nitrogens with one attached hydrogen (secondary N) is 1. The van der Waals surface area contributed by atoms with E-state index in [1.54, 1.807) is 0 Å². The molecule has 2 atom stereocenters. The fraction of sp³-hybridized carbons (Fsp3) is 0.462. The quantitative estimate of drug-likeness (QED) is 0.869. The number of amides is 1. The van der Waals surface area contributed by atoms with Crippen molar-refractivity contribution in [3.63, 3.8) is 0 Å². The molecule has 0 spiro atoms. The van der Waals surface area contributed by atoms with Crippen LogP contribution in [-0.4, -0.2) is 36.2 Å². The Balaban J connectivity index is 2.33. The van der Waals surface area contributed by atoms with Gasteiger partial charge >= 0.3 is 0 Å². The van der Waals surface area contributed by atoms with E-state index < -0.39 is 6.04 Å². The lowest BCUT2D eigenvalue weighted by Gasteiger charge is -2.39. The molecule has 1 aliphatic rings. The summed E-state index contributed by atoms with van der Waals surface area (Å²) in [6.07, 6.45) is 0. The van der Waals surface area contributed by atoms with Crippen LogP contribution in [0.4, 0.5) is 5.69 Å². The third-order valence-electron chi connectivity index (χ3n) is 3.20. The van der Waals surface area contributed by atoms with E-state index in [4.69, 9.17) is 0 Å². The van der Waals surface area contributed by atoms with Crippen molar-refractivity contribution in [2.75, 3.05) is 18.1 Å². The molecule has 18 heavy (non-hydrogen) atoms. The number of carbonyl (C=O) groups is 1. The summed E-state index contributed by atoms with van der Waals surface area (Å²) in [5.41, 5.74) is 2.10. The van der Waals surface area contributed by atoms with E-state index in [1.165, 1.54) is 0 Å². The monoisotopic (exact) mass is 312 g/mol. The molecule has 1 saturated heterocycles. The Bertz CT molecular complexity index is 464. The van der Waals surface area contributed by atoms with Crippen LogP contribution in [0.25, 0.3) is 0 Å². The first-order valence-electron chi connectivity index (χ1n) is 5.97. The number of halogens is 1. The highest BCUT2D eigenvalue weighted by Crippen LogP contribution is 2.26. The van der Waals surface area contributed by atoms with Crippen LogP contribution >= 0.6 is 15.9 Å². The minimum atomic E-state index is -0.504. The van der Waals surface area contributed by atoms with Crippen LogP contribution in [0.2, 0.25) is 0 Å². The molecule has 1 fully saturated rings. The highest BCUT2D eigenvalue weighted by molar-refractivity contribution is 9.10. The Morgan fingerprint density at radius 2 is 2.28 bits per heavy atom. The average molecular weight is 313 g/mol. The lowest BCUT2D eigenvalue weighted by atomic mass is 10.1. The van der Waals surface area contributed by atoms with E-state index in [-0.39, 0.29) is 18.6 Å². The second-order valence-corrected chi connectivity index (χ2v) is 5.55. The first-order chi connectivity index (χ1) is 8.52. The summed E-state index contributed by atoms with van der Waals surface area (Å²) in [5, 5.41) is 12.2. The topological polar surface area (TPSA) is 52.6 Å². The SMILES string of the molecule is Cc1ccc(N2CC(C)NC(=O)C2CO)cc1Br. The van der Waals surface area contributed by atoms with Crippen LogP contribution in [0.5, 0.6) is 0 Å². The number of benzene rings is 1. The lowest BCUT2D eigenvalue weighted by Crippen LogP contribution is -2.60. The summed E-state index contributed by atoms with van der Waals surface area (Å²) in [6.45, 7) is 4.50. The molecule has 2 unspecified atom stereocenters. The van der Waals surface area contributed by atoms with Crippen LogP contribution in [0, 0.1) is 6.92 Å². The second-order valence-electron chi connectivity index (χ2n) is 4.69. The molecule has 4 nitrogen and oxygen atoms in total. The van der Waals surface area contributed by atoms with Crippen molar-refractivity contribution >= 4 is 27.5 Å². The lowest BCUT2D eigenvalue weighted by molar-refractivity contribution is -0.125. The van der Waals surface area contributed by atoms with Gasteiger partial charge in [0.1, 0.15) is 6.04 Å². The van der Waals surface area contributed by atoms with Crippen molar-refractivity contribution in [2.45, 2.75) is 25.9 Å². The van der Waals surface area contributed by atoms with Crippen molar-refractivity contribution in [3.8, 4) is 0 Å². The van der Waals surface area contributed by atoms with E-state index in [1.807, 2.05) is 36.9 Å². The Labute approximate surface area is 115 Å². The van der Waals surface area contributed by atoms with Gasteiger partial charge in [0.2, 0.25) is 5.91 Å². The summed E-state index contributed by atoms with van der Waals surface area (Å²) in [7, 11) is 0. The van der Waals surface area contributed by atoms with Gasteiger partial charge < -0.3 is 15.3 Å². The fourth-order valence-electron chi connectivity index (χ4n) is 2.18. The molecule has 1 amide bonds. The number of aliphatic hydroxyl groups is 1. The summed E-state index contributed by atoms with van der Waals surface area (Å²) in [5.74, 6) is -0.118. The zero-order valence-electron chi connectivity index (χ0n) is 10.5. The summed E-state index contributed by atoms with van der Waals surface area (Å²) in [6, 6.07) is 5.55. The fourth-order valence-corrected chi connectivity index (χ4v) is 2.54. The zero-order valence-corrected chi connectivity index (χ0v) is 12.1. The highest BCUT2D eigenvalue weighted by atomic mass is 79.9. The van der Waals surface area contributed by atoms with E-state index in [0.717, 1.165) is 15.7 Å². The molecule has 0 aliphatic carbocycles. The molecule has 0 bridgehead atoms. The van der Waals surface area contributed by atoms with Gasteiger partial charge in [0.15, 0.2) is 0 Å². The summed E-state index contributed by atoms with van der Waals surface area (Å²) in [4.78, 5) is 13.8. The van der Waals surface area contributed by atoms with Gasteiger partial charge in [0, 0.05) is 22.7 Å². The Morgan fingerprint density at radius 1 is 1.56 bits per heavy atom. The Morgan fingerprint density at radius 3 is 2.89 bits per heavy atom. The van der Waals surface area contributed by atoms with Gasteiger partial charge in [-0.2, -0.15) is 0 Å². The van der Waals surface area contributed by atoms with Gasteiger partial charge in [-0.3, -0.25) is 4.79 Å². The van der Waals surface area contributed by atoms with Gasteiger partial charge in [-0.1, -0.05) is 22.0 Å². The summed E-state index contributed by atoms with van der Waals surface area (Å²) < 4.78 is 1.01. The number of piperazine rings is 1. The molecule has 2 N–H and O–H groups in total. The molecular weight excluding hydrogens is 296 g/mol. The number of hydrogen-bond donors (Lipinski definition) is 2. The normalized spacial score (nSPS) is 24.0. The van der Waals surface area contributed by atoms with E-state index in [9.17, 15) is 9.90 Å². The molecule has 0 radical (unpaired) electrons. The number of aliphatic hydroxyl groups excluding tert-OH is 1. The maximum atomic E-state index is 11.8. The van der Waals surface area contributed by atoms with Crippen molar-refractivity contribution in [1.82, 2.24) is 5.32 Å². The molecular formula is C13H17BrN2O2. The molecule has 1 heterocycles. The second kappa shape index (κ2) is 5.28. The number of rotatable bonds is 2. The van der Waals surface area contributed by atoms with E-state index >= 15 is 0 Å². The zero-order chi connectivity index (χ0) is 13.3. The van der Waals surface area contributed by atoms with Crippen molar-refractivity contribution in [2.24, 2.45) is 0 Å². The van der Waals surface area contributed by atoms with Crippen LogP contribution in [-0.2, 0) is 4.79 Å². The van der Waals surface area contributed by atoms with E-state index in [0.29, 0.717) is 6.54 Å². The number of aryl methyl sites for hydroxylation is 1. The standard InChI is InChI=1S/C13H17BrN2O2/c1-8-3-4-10(5-11(8)14)16-6-9(2)15-13(18)12(16)7-17/h3-5,9,12,17H,6-7H2,1-2H3,(H,15,18). The van der Waals surface area contributed by atoms with Crippen LogP contribution in [0.3, 0.4) is 0 Å². The predicted molar refractivity (Wildman–Crippen MR) is 74.7 cm³/mol. The maximum Gasteiger partial charge on any atom is 0.245 e. The molecule has 5 heteroatoms. The van der Waals surface area contributed by atoms with Crippen molar-refractivity contribution in [3.05, 3.63) is 28.2 Å². The van der Waals surface area contributed by atoms with Crippen molar-refractivity contribution in [1.29, 1.82) is 0 Å². The number of nitrogens with zero attached hydrogens (tertiary/aromatic N) is 1. The minimum Gasteiger partial charge on any atom is -0.394 e. The molecule has 1 aromatic carbocycles. The van der Waals surface area contributed by atoms with Crippen LogP contribution < -0.4 is 10.2 Å². The highest BCUT2D eigenvalue weighted by Gasteiger charge is 2.32. The predicted octanol–water partition coefficient (Wildman–Crippen LogP) is 1.44. The summed E-state index contributed by atoms with van der Waals surface area (Å²) >= 11 is 3.50. The third-order valence-corrected chi connectivity index (χ3v) is 4.05. The van der Waals surface area contributed by atoms with Crippen LogP contribution in [0.15, 0.2) is 22.7 Å². The molecule has 2 rings (SSSR count). The van der Waals surface area contributed by atoms with E-state index in [2.05, 4.69) is 21.2 Å². The third kappa shape index (κ3) is 2.52. The number of carbonyl (C=O) groups excluding carboxylic acids is 1. The van der Waals surface area contributed by atoms with Gasteiger partial charge in [-0.05, 0) is 31.5 Å².